The fourth-order valence-electron chi connectivity index (χ4n) is 2.17. The van der Waals surface area contributed by atoms with Gasteiger partial charge in [-0.2, -0.15) is 0 Å². The number of nitrogens with one attached hydrogen (secondary N) is 2. The summed E-state index contributed by atoms with van der Waals surface area (Å²) < 4.78 is 31.9. The summed E-state index contributed by atoms with van der Waals surface area (Å²) in [6.45, 7) is 5.48. The summed E-state index contributed by atoms with van der Waals surface area (Å²) in [5.74, 6) is 0.0973. The second kappa shape index (κ2) is 7.96. The molecule has 2 aromatic rings. The van der Waals surface area contributed by atoms with Gasteiger partial charge in [0.25, 0.3) is 5.91 Å². The number of rotatable bonds is 7. The first-order valence-corrected chi connectivity index (χ1v) is 9.02. The standard InChI is InChI=1S/C18H20N2O4S/c1-4-10-19-25(22,23)15-7-5-6-14(12-15)18(21)20-16-11-13(2)8-9-17(16)24-3/h4-9,11-12,19H,1,10H2,2-3H3,(H,20,21). The smallest absolute Gasteiger partial charge is 0.255 e. The molecule has 7 heteroatoms. The molecule has 0 aliphatic rings. The quantitative estimate of drug-likeness (QED) is 0.744. The van der Waals surface area contributed by atoms with Gasteiger partial charge in [-0.05, 0) is 42.8 Å². The van der Waals surface area contributed by atoms with E-state index in [-0.39, 0.29) is 17.0 Å². The van der Waals surface area contributed by atoms with E-state index >= 15 is 0 Å². The van der Waals surface area contributed by atoms with Crippen LogP contribution in [0.3, 0.4) is 0 Å². The van der Waals surface area contributed by atoms with Gasteiger partial charge in [0.15, 0.2) is 0 Å². The number of hydrogen-bond acceptors (Lipinski definition) is 4. The Kier molecular flexibility index (Phi) is 5.95. The number of benzene rings is 2. The minimum atomic E-state index is -3.70. The van der Waals surface area contributed by atoms with Gasteiger partial charge in [-0.1, -0.05) is 18.2 Å². The van der Waals surface area contributed by atoms with Gasteiger partial charge < -0.3 is 10.1 Å². The molecule has 0 saturated heterocycles. The van der Waals surface area contributed by atoms with Crippen molar-refractivity contribution in [2.45, 2.75) is 11.8 Å². The zero-order valence-corrected chi connectivity index (χ0v) is 14.9. The number of sulfonamides is 1. The summed E-state index contributed by atoms with van der Waals surface area (Å²) in [5, 5.41) is 2.75. The minimum Gasteiger partial charge on any atom is -0.495 e. The summed E-state index contributed by atoms with van der Waals surface area (Å²) >= 11 is 0. The number of hydrogen-bond donors (Lipinski definition) is 2. The highest BCUT2D eigenvalue weighted by Gasteiger charge is 2.16. The van der Waals surface area contributed by atoms with E-state index in [1.165, 1.54) is 31.4 Å². The van der Waals surface area contributed by atoms with Gasteiger partial charge in [0.1, 0.15) is 5.75 Å². The third-order valence-electron chi connectivity index (χ3n) is 3.43. The SMILES string of the molecule is C=CCNS(=O)(=O)c1cccc(C(=O)Nc2cc(C)ccc2OC)c1. The molecular formula is C18H20N2O4S. The molecule has 0 aliphatic carbocycles. The van der Waals surface area contributed by atoms with Gasteiger partial charge in [-0.3, -0.25) is 4.79 Å². The van der Waals surface area contributed by atoms with Crippen molar-refractivity contribution in [2.75, 3.05) is 19.0 Å². The van der Waals surface area contributed by atoms with Gasteiger partial charge in [-0.25, -0.2) is 13.1 Å². The Morgan fingerprint density at radius 3 is 2.68 bits per heavy atom. The van der Waals surface area contributed by atoms with E-state index in [0.29, 0.717) is 11.4 Å². The largest absolute Gasteiger partial charge is 0.495 e. The highest BCUT2D eigenvalue weighted by Crippen LogP contribution is 2.26. The molecule has 0 saturated carbocycles. The average molecular weight is 360 g/mol. The Morgan fingerprint density at radius 2 is 2.00 bits per heavy atom. The zero-order valence-electron chi connectivity index (χ0n) is 14.1. The van der Waals surface area contributed by atoms with Crippen molar-refractivity contribution in [3.8, 4) is 5.75 Å². The third kappa shape index (κ3) is 4.68. The molecule has 0 bridgehead atoms. The van der Waals surface area contributed by atoms with Crippen LogP contribution in [-0.4, -0.2) is 28.0 Å². The van der Waals surface area contributed by atoms with Crippen LogP contribution in [0.1, 0.15) is 15.9 Å². The van der Waals surface area contributed by atoms with Gasteiger partial charge in [-0.15, -0.1) is 6.58 Å². The van der Waals surface area contributed by atoms with Crippen molar-refractivity contribution in [2.24, 2.45) is 0 Å². The molecule has 2 aromatic carbocycles. The molecule has 2 rings (SSSR count). The number of amides is 1. The Labute approximate surface area is 147 Å². The van der Waals surface area contributed by atoms with Crippen LogP contribution in [0.2, 0.25) is 0 Å². The van der Waals surface area contributed by atoms with E-state index in [4.69, 9.17) is 4.74 Å². The minimum absolute atomic E-state index is 0.0122. The number of carbonyl (C=O) groups is 1. The van der Waals surface area contributed by atoms with E-state index in [9.17, 15) is 13.2 Å². The molecule has 0 heterocycles. The highest BCUT2D eigenvalue weighted by molar-refractivity contribution is 7.89. The molecular weight excluding hydrogens is 340 g/mol. The Bertz CT molecular complexity index is 892. The molecule has 25 heavy (non-hydrogen) atoms. The predicted octanol–water partition coefficient (Wildman–Crippen LogP) is 2.72. The maximum atomic E-state index is 12.5. The number of carbonyl (C=O) groups excluding carboxylic acids is 1. The topological polar surface area (TPSA) is 84.5 Å². The van der Waals surface area contributed by atoms with Crippen molar-refractivity contribution in [1.29, 1.82) is 0 Å². The lowest BCUT2D eigenvalue weighted by Crippen LogP contribution is -2.24. The first-order chi connectivity index (χ1) is 11.9. The second-order valence-electron chi connectivity index (χ2n) is 5.33. The molecule has 0 spiro atoms. The number of methoxy groups -OCH3 is 1. The number of aryl methyl sites for hydroxylation is 1. The lowest BCUT2D eigenvalue weighted by molar-refractivity contribution is 0.102. The molecule has 2 N–H and O–H groups in total. The summed E-state index contributed by atoms with van der Waals surface area (Å²) in [5.41, 5.74) is 1.71. The zero-order chi connectivity index (χ0) is 18.4. The number of ether oxygens (including phenoxy) is 1. The molecule has 0 unspecified atom stereocenters. The van der Waals surface area contributed by atoms with Crippen LogP contribution in [0.4, 0.5) is 5.69 Å². The van der Waals surface area contributed by atoms with Crippen LogP contribution in [0.15, 0.2) is 60.0 Å². The Morgan fingerprint density at radius 1 is 1.24 bits per heavy atom. The Balaban J connectivity index is 2.28. The molecule has 1 amide bonds. The lowest BCUT2D eigenvalue weighted by atomic mass is 10.1. The van der Waals surface area contributed by atoms with Gasteiger partial charge in [0.05, 0.1) is 17.7 Å². The van der Waals surface area contributed by atoms with Gasteiger partial charge in [0, 0.05) is 12.1 Å². The average Bonchev–Trinajstić information content (AvgIpc) is 2.60. The van der Waals surface area contributed by atoms with Crippen molar-refractivity contribution in [3.05, 3.63) is 66.2 Å². The van der Waals surface area contributed by atoms with E-state index in [1.54, 1.807) is 18.2 Å². The maximum Gasteiger partial charge on any atom is 0.255 e. The summed E-state index contributed by atoms with van der Waals surface area (Å²) in [6, 6.07) is 11.2. The highest BCUT2D eigenvalue weighted by atomic mass is 32.2. The lowest BCUT2D eigenvalue weighted by Gasteiger charge is -2.12. The van der Waals surface area contributed by atoms with Crippen LogP contribution in [0.5, 0.6) is 5.75 Å². The van der Waals surface area contributed by atoms with Crippen molar-refractivity contribution < 1.29 is 17.9 Å². The van der Waals surface area contributed by atoms with Crippen molar-refractivity contribution in [3.63, 3.8) is 0 Å². The Hall–Kier alpha value is -2.64. The molecule has 0 fully saturated rings. The van der Waals surface area contributed by atoms with Crippen LogP contribution < -0.4 is 14.8 Å². The monoisotopic (exact) mass is 360 g/mol. The molecule has 0 aromatic heterocycles. The summed E-state index contributed by atoms with van der Waals surface area (Å²) in [7, 11) is -2.18. The fourth-order valence-corrected chi connectivity index (χ4v) is 3.21. The molecule has 0 aliphatic heterocycles. The first kappa shape index (κ1) is 18.7. The van der Waals surface area contributed by atoms with Gasteiger partial charge >= 0.3 is 0 Å². The van der Waals surface area contributed by atoms with E-state index < -0.39 is 15.9 Å². The maximum absolute atomic E-state index is 12.5. The fraction of sp³-hybridized carbons (Fsp3) is 0.167. The second-order valence-corrected chi connectivity index (χ2v) is 7.09. The van der Waals surface area contributed by atoms with Crippen LogP contribution in [-0.2, 0) is 10.0 Å². The summed E-state index contributed by atoms with van der Waals surface area (Å²) in [6.07, 6.45) is 1.44. The first-order valence-electron chi connectivity index (χ1n) is 7.54. The van der Waals surface area contributed by atoms with E-state index in [1.807, 2.05) is 13.0 Å². The van der Waals surface area contributed by atoms with Gasteiger partial charge in [0.2, 0.25) is 10.0 Å². The molecule has 0 atom stereocenters. The van der Waals surface area contributed by atoms with Crippen molar-refractivity contribution >= 4 is 21.6 Å². The van der Waals surface area contributed by atoms with Crippen LogP contribution in [0.25, 0.3) is 0 Å². The van der Waals surface area contributed by atoms with E-state index in [0.717, 1.165) is 5.56 Å². The van der Waals surface area contributed by atoms with E-state index in [2.05, 4.69) is 16.6 Å². The number of anilines is 1. The van der Waals surface area contributed by atoms with Crippen molar-refractivity contribution in [1.82, 2.24) is 4.72 Å². The molecule has 0 radical (unpaired) electrons. The third-order valence-corrected chi connectivity index (χ3v) is 4.85. The molecule has 132 valence electrons. The van der Waals surface area contributed by atoms with Crippen LogP contribution >= 0.6 is 0 Å². The normalized spacial score (nSPS) is 11.0. The summed E-state index contributed by atoms with van der Waals surface area (Å²) in [4.78, 5) is 12.5. The van der Waals surface area contributed by atoms with Crippen LogP contribution in [0, 0.1) is 6.92 Å². The molecule has 6 nitrogen and oxygen atoms in total. The predicted molar refractivity (Wildman–Crippen MR) is 97.5 cm³/mol.